The smallest absolute Gasteiger partial charge is 0.316 e. The molecule has 1 heterocycles. The Kier molecular flexibility index (Phi) is 9.62. The van der Waals surface area contributed by atoms with E-state index in [1.807, 2.05) is 13.8 Å². The van der Waals surface area contributed by atoms with Gasteiger partial charge in [0.1, 0.15) is 11.9 Å². The number of hydrogen-bond donors (Lipinski definition) is 1. The van der Waals surface area contributed by atoms with Gasteiger partial charge in [-0.15, -0.1) is 0 Å². The molecule has 1 aromatic heterocycles. The first-order chi connectivity index (χ1) is 13.6. The molecule has 0 aliphatic heterocycles. The number of aromatic nitrogens is 1. The molecule has 0 aliphatic rings. The zero-order valence-electron chi connectivity index (χ0n) is 16.9. The normalized spacial score (nSPS) is 12.4. The minimum absolute atomic E-state index is 0.150. The molecule has 2 rings (SSSR count). The maximum atomic E-state index is 11.7. The number of oxazole rings is 1. The Morgan fingerprint density at radius 1 is 1.14 bits per heavy atom. The average Bonchev–Trinajstić information content (AvgIpc) is 3.12. The zero-order valence-corrected chi connectivity index (χ0v) is 17.8. The third-order valence-corrected chi connectivity index (χ3v) is 6.18. The Morgan fingerprint density at radius 3 is 2.36 bits per heavy atom. The molecule has 28 heavy (non-hydrogen) atoms. The van der Waals surface area contributed by atoms with E-state index in [1.54, 1.807) is 6.26 Å². The molecule has 1 atom stereocenters. The number of unbranched alkanes of at least 4 members (excludes halogenated alkanes) is 1. The zero-order chi connectivity index (χ0) is 20.4. The van der Waals surface area contributed by atoms with Crippen LogP contribution in [0.15, 0.2) is 34.9 Å². The standard InChI is InChI=1S/C21H30NO5P/c1-4-7-8-16-9-11-17(12-10-16)13-18-15-25-20(22-18)14-19(21(23)24)28(26-5-2)27-6-3/h9-12,15,19H,4-8,13-14H2,1-3H3,(H,23,24). The molecule has 0 saturated carbocycles. The first-order valence-corrected chi connectivity index (χ1v) is 11.1. The molecule has 7 heteroatoms. The predicted molar refractivity (Wildman–Crippen MR) is 110 cm³/mol. The Bertz CT molecular complexity index is 710. The summed E-state index contributed by atoms with van der Waals surface area (Å²) in [5.41, 5.74) is 2.48. The van der Waals surface area contributed by atoms with Crippen molar-refractivity contribution >= 4 is 14.3 Å². The van der Waals surface area contributed by atoms with Crippen molar-refractivity contribution in [1.29, 1.82) is 0 Å². The van der Waals surface area contributed by atoms with Gasteiger partial charge in [0.15, 0.2) is 14.3 Å². The van der Waals surface area contributed by atoms with Gasteiger partial charge >= 0.3 is 5.97 Å². The molecule has 0 fully saturated rings. The van der Waals surface area contributed by atoms with Gasteiger partial charge in [-0.3, -0.25) is 4.79 Å². The summed E-state index contributed by atoms with van der Waals surface area (Å²) in [6.45, 7) is 6.65. The predicted octanol–water partition coefficient (Wildman–Crippen LogP) is 4.99. The maximum absolute atomic E-state index is 11.7. The van der Waals surface area contributed by atoms with Crippen molar-refractivity contribution in [3.8, 4) is 0 Å². The van der Waals surface area contributed by atoms with Crippen molar-refractivity contribution in [2.45, 2.75) is 58.5 Å². The number of aliphatic carboxylic acids is 1. The van der Waals surface area contributed by atoms with Crippen LogP contribution in [-0.2, 0) is 33.1 Å². The monoisotopic (exact) mass is 407 g/mol. The molecular weight excluding hydrogens is 377 g/mol. The lowest BCUT2D eigenvalue weighted by atomic mass is 10.0. The lowest BCUT2D eigenvalue weighted by Crippen LogP contribution is -2.23. The van der Waals surface area contributed by atoms with Crippen molar-refractivity contribution < 1.29 is 23.4 Å². The number of carboxylic acid groups (broad SMARTS) is 1. The maximum Gasteiger partial charge on any atom is 0.316 e. The molecule has 0 aliphatic carbocycles. The van der Waals surface area contributed by atoms with E-state index < -0.39 is 20.0 Å². The van der Waals surface area contributed by atoms with Crippen LogP contribution in [-0.4, -0.2) is 34.9 Å². The SMILES string of the molecule is CCCCc1ccc(Cc2coc(CC(C(=O)O)P(OCC)OCC)n2)cc1. The third-order valence-electron chi connectivity index (χ3n) is 4.25. The Hall–Kier alpha value is -1.75. The summed E-state index contributed by atoms with van der Waals surface area (Å²) in [4.78, 5) is 16.2. The van der Waals surface area contributed by atoms with Crippen LogP contribution in [0, 0.1) is 0 Å². The fraction of sp³-hybridized carbons (Fsp3) is 0.524. The molecule has 1 unspecified atom stereocenters. The molecule has 6 nitrogen and oxygen atoms in total. The minimum atomic E-state index is -1.53. The highest BCUT2D eigenvalue weighted by molar-refractivity contribution is 7.49. The number of benzene rings is 1. The van der Waals surface area contributed by atoms with Gasteiger partial charge in [-0.05, 0) is 37.8 Å². The van der Waals surface area contributed by atoms with E-state index in [-0.39, 0.29) is 6.42 Å². The number of nitrogens with zero attached hydrogens (tertiary/aromatic N) is 1. The Balaban J connectivity index is 2.00. The lowest BCUT2D eigenvalue weighted by molar-refractivity contribution is -0.136. The summed E-state index contributed by atoms with van der Waals surface area (Å²) in [6.07, 6.45) is 5.89. The molecule has 0 spiro atoms. The minimum Gasteiger partial charge on any atom is -0.481 e. The summed E-state index contributed by atoms with van der Waals surface area (Å²) in [7, 11) is -1.53. The summed E-state index contributed by atoms with van der Waals surface area (Å²) in [5, 5.41) is 9.57. The fourth-order valence-electron chi connectivity index (χ4n) is 2.83. The topological polar surface area (TPSA) is 81.8 Å². The summed E-state index contributed by atoms with van der Waals surface area (Å²) in [6, 6.07) is 8.54. The van der Waals surface area contributed by atoms with Crippen molar-refractivity contribution in [1.82, 2.24) is 4.98 Å². The number of hydrogen-bond acceptors (Lipinski definition) is 5. The van der Waals surface area contributed by atoms with E-state index in [9.17, 15) is 9.90 Å². The van der Waals surface area contributed by atoms with Gasteiger partial charge < -0.3 is 18.6 Å². The number of aryl methyl sites for hydroxylation is 1. The molecule has 0 amide bonds. The highest BCUT2D eigenvalue weighted by Gasteiger charge is 2.32. The molecule has 0 saturated heterocycles. The van der Waals surface area contributed by atoms with Crippen molar-refractivity contribution in [3.63, 3.8) is 0 Å². The van der Waals surface area contributed by atoms with Gasteiger partial charge in [0.25, 0.3) is 0 Å². The third kappa shape index (κ3) is 7.01. The fourth-order valence-corrected chi connectivity index (χ4v) is 4.26. The Labute approximate surface area is 168 Å². The Morgan fingerprint density at radius 2 is 1.79 bits per heavy atom. The van der Waals surface area contributed by atoms with Crippen molar-refractivity contribution in [3.05, 3.63) is 53.2 Å². The number of carbonyl (C=O) groups is 1. The van der Waals surface area contributed by atoms with Gasteiger partial charge in [-0.1, -0.05) is 37.6 Å². The molecule has 154 valence electrons. The quantitative estimate of drug-likeness (QED) is 0.471. The second-order valence-electron chi connectivity index (χ2n) is 6.51. The van der Waals surface area contributed by atoms with Gasteiger partial charge in [-0.2, -0.15) is 0 Å². The van der Waals surface area contributed by atoms with Crippen LogP contribution < -0.4 is 0 Å². The van der Waals surface area contributed by atoms with E-state index in [2.05, 4.69) is 36.2 Å². The highest BCUT2D eigenvalue weighted by atomic mass is 31.2. The van der Waals surface area contributed by atoms with Crippen LogP contribution in [0.5, 0.6) is 0 Å². The first kappa shape index (κ1) is 22.5. The van der Waals surface area contributed by atoms with E-state index in [0.29, 0.717) is 25.5 Å². The van der Waals surface area contributed by atoms with E-state index >= 15 is 0 Å². The van der Waals surface area contributed by atoms with Crippen LogP contribution in [0.1, 0.15) is 56.3 Å². The van der Waals surface area contributed by atoms with E-state index in [1.165, 1.54) is 18.4 Å². The molecular formula is C21H30NO5P. The summed E-state index contributed by atoms with van der Waals surface area (Å²) in [5.74, 6) is -0.565. The highest BCUT2D eigenvalue weighted by Crippen LogP contribution is 2.45. The number of rotatable bonds is 13. The average molecular weight is 407 g/mol. The summed E-state index contributed by atoms with van der Waals surface area (Å²) >= 11 is 0. The van der Waals surface area contributed by atoms with Gasteiger partial charge in [-0.25, -0.2) is 4.98 Å². The molecule has 0 bridgehead atoms. The largest absolute Gasteiger partial charge is 0.481 e. The molecule has 0 radical (unpaired) electrons. The van der Waals surface area contributed by atoms with Gasteiger partial charge in [0, 0.05) is 12.8 Å². The van der Waals surface area contributed by atoms with Crippen LogP contribution in [0.25, 0.3) is 0 Å². The second kappa shape index (κ2) is 11.9. The van der Waals surface area contributed by atoms with Gasteiger partial charge in [0.2, 0.25) is 0 Å². The van der Waals surface area contributed by atoms with E-state index in [0.717, 1.165) is 17.7 Å². The number of carboxylic acids is 1. The first-order valence-electron chi connectivity index (χ1n) is 9.86. The second-order valence-corrected chi connectivity index (χ2v) is 8.22. The summed E-state index contributed by atoms with van der Waals surface area (Å²) < 4.78 is 16.5. The molecule has 1 N–H and O–H groups in total. The molecule has 2 aromatic rings. The van der Waals surface area contributed by atoms with Crippen LogP contribution in [0.2, 0.25) is 0 Å². The van der Waals surface area contributed by atoms with Gasteiger partial charge in [0.05, 0.1) is 18.9 Å². The van der Waals surface area contributed by atoms with Crippen LogP contribution in [0.4, 0.5) is 0 Å². The van der Waals surface area contributed by atoms with Crippen molar-refractivity contribution in [2.75, 3.05) is 13.2 Å². The molecule has 1 aromatic carbocycles. The van der Waals surface area contributed by atoms with Crippen LogP contribution >= 0.6 is 8.38 Å². The van der Waals surface area contributed by atoms with E-state index in [4.69, 9.17) is 13.5 Å². The van der Waals surface area contributed by atoms with Crippen LogP contribution in [0.3, 0.4) is 0 Å². The lowest BCUT2D eigenvalue weighted by Gasteiger charge is -2.21. The van der Waals surface area contributed by atoms with Crippen molar-refractivity contribution in [2.24, 2.45) is 0 Å².